The molecule has 1 unspecified atom stereocenters. The van der Waals surface area contributed by atoms with Gasteiger partial charge in [0.1, 0.15) is 9.80 Å². The number of hydrogen-bond acceptors (Lipinski definition) is 3. The van der Waals surface area contributed by atoms with Crippen LogP contribution in [0.1, 0.15) is 10.4 Å². The zero-order valence-corrected chi connectivity index (χ0v) is 8.95. The predicted molar refractivity (Wildman–Crippen MR) is 60.8 cm³/mol. The fourth-order valence-electron chi connectivity index (χ4n) is 1.29. The maximum absolute atomic E-state index is 11.2. The van der Waals surface area contributed by atoms with Crippen LogP contribution in [0.4, 0.5) is 0 Å². The average Bonchev–Trinajstić information content (AvgIpc) is 2.58. The molecule has 0 saturated carbocycles. The molecular formula is C9H9N3O3S. The summed E-state index contributed by atoms with van der Waals surface area (Å²) in [5, 5.41) is -0.121. The number of nitrogens with two attached hydrogens (primary N) is 1. The van der Waals surface area contributed by atoms with Gasteiger partial charge in [-0.15, -0.1) is 0 Å². The Morgan fingerprint density at radius 1 is 1.56 bits per heavy atom. The molecule has 4 N–H and O–H groups in total. The van der Waals surface area contributed by atoms with Crippen LogP contribution in [-0.2, 0) is 9.80 Å². The van der Waals surface area contributed by atoms with Gasteiger partial charge >= 0.3 is 0 Å². The van der Waals surface area contributed by atoms with E-state index in [1.165, 1.54) is 12.1 Å². The standard InChI is InChI=1S/C9H9N3O3S/c1-16(14,15)9-11-6-3-2-5(8(10)13)4-7(6)12-9/h2-4H,1H2,(H2,10,13)(H,11,12)(H,14,15). The molecular weight excluding hydrogens is 230 g/mol. The molecule has 0 aliphatic carbocycles. The van der Waals surface area contributed by atoms with Crippen molar-refractivity contribution in [1.29, 1.82) is 0 Å². The molecule has 2 aromatic rings. The summed E-state index contributed by atoms with van der Waals surface area (Å²) < 4.78 is 20.4. The first-order chi connectivity index (χ1) is 7.38. The number of amides is 1. The zero-order chi connectivity index (χ0) is 11.9. The number of nitrogens with zero attached hydrogens (tertiary/aromatic N) is 1. The Bertz CT molecular complexity index is 672. The summed E-state index contributed by atoms with van der Waals surface area (Å²) >= 11 is 0. The Morgan fingerprint density at radius 2 is 2.25 bits per heavy atom. The summed E-state index contributed by atoms with van der Waals surface area (Å²) in [5.74, 6) is 2.52. The van der Waals surface area contributed by atoms with Crippen molar-refractivity contribution in [1.82, 2.24) is 9.97 Å². The lowest BCUT2D eigenvalue weighted by Gasteiger charge is -1.93. The largest absolute Gasteiger partial charge is 0.366 e. The van der Waals surface area contributed by atoms with Crippen LogP contribution >= 0.6 is 0 Å². The first-order valence-electron chi connectivity index (χ1n) is 4.27. The van der Waals surface area contributed by atoms with E-state index in [0.29, 0.717) is 16.6 Å². The van der Waals surface area contributed by atoms with Gasteiger partial charge in [0.2, 0.25) is 11.1 Å². The maximum Gasteiger partial charge on any atom is 0.248 e. The molecule has 0 aliphatic heterocycles. The van der Waals surface area contributed by atoms with Crippen molar-refractivity contribution in [2.24, 2.45) is 5.73 Å². The van der Waals surface area contributed by atoms with Crippen LogP contribution < -0.4 is 5.73 Å². The third kappa shape index (κ3) is 1.77. The van der Waals surface area contributed by atoms with Gasteiger partial charge in [0, 0.05) is 5.56 Å². The van der Waals surface area contributed by atoms with E-state index >= 15 is 0 Å². The van der Waals surface area contributed by atoms with Gasteiger partial charge in [0.25, 0.3) is 0 Å². The molecule has 16 heavy (non-hydrogen) atoms. The molecule has 0 radical (unpaired) electrons. The molecule has 1 atom stereocenters. The van der Waals surface area contributed by atoms with Crippen LogP contribution in [0.5, 0.6) is 0 Å². The number of hydrogen-bond donors (Lipinski definition) is 3. The van der Waals surface area contributed by atoms with Gasteiger partial charge < -0.3 is 15.3 Å². The summed E-state index contributed by atoms with van der Waals surface area (Å²) in [6.07, 6.45) is 0. The van der Waals surface area contributed by atoms with Crippen molar-refractivity contribution in [3.8, 4) is 0 Å². The Hall–Kier alpha value is -1.86. The molecule has 1 heterocycles. The number of benzene rings is 1. The number of aromatic amines is 1. The monoisotopic (exact) mass is 239 g/mol. The second kappa shape index (κ2) is 3.32. The number of aromatic nitrogens is 2. The minimum Gasteiger partial charge on any atom is -0.366 e. The highest BCUT2D eigenvalue weighted by Gasteiger charge is 2.11. The average molecular weight is 239 g/mol. The minimum atomic E-state index is -3.38. The van der Waals surface area contributed by atoms with Crippen LogP contribution in [0.15, 0.2) is 23.4 Å². The predicted octanol–water partition coefficient (Wildman–Crippen LogP) is 0.210. The van der Waals surface area contributed by atoms with Crippen LogP contribution in [0.3, 0.4) is 0 Å². The molecule has 84 valence electrons. The van der Waals surface area contributed by atoms with Gasteiger partial charge in [-0.1, -0.05) is 0 Å². The second-order valence-corrected chi connectivity index (χ2v) is 4.95. The lowest BCUT2D eigenvalue weighted by molar-refractivity contribution is 0.100. The van der Waals surface area contributed by atoms with Crippen molar-refractivity contribution >= 4 is 32.6 Å². The van der Waals surface area contributed by atoms with Crippen LogP contribution in [0, 0.1) is 0 Å². The van der Waals surface area contributed by atoms with Crippen LogP contribution in [-0.4, -0.2) is 30.5 Å². The second-order valence-electron chi connectivity index (χ2n) is 3.28. The van der Waals surface area contributed by atoms with E-state index in [4.69, 9.17) is 5.73 Å². The SMILES string of the molecule is C=S(=O)(O)c1nc2ccc(C(N)=O)cc2[nH]1. The van der Waals surface area contributed by atoms with Gasteiger partial charge in [-0.05, 0) is 24.1 Å². The molecule has 0 spiro atoms. The maximum atomic E-state index is 11.2. The Morgan fingerprint density at radius 3 is 2.81 bits per heavy atom. The number of H-pyrrole nitrogens is 1. The van der Waals surface area contributed by atoms with Gasteiger partial charge in [0.05, 0.1) is 11.0 Å². The number of rotatable bonds is 2. The summed E-state index contributed by atoms with van der Waals surface area (Å²) in [7, 11) is -3.38. The number of carbonyl (C=O) groups excluding carboxylic acids is 1. The lowest BCUT2D eigenvalue weighted by atomic mass is 10.2. The van der Waals surface area contributed by atoms with Crippen LogP contribution in [0.2, 0.25) is 0 Å². The first-order valence-corrected chi connectivity index (χ1v) is 5.95. The number of nitrogens with one attached hydrogen (secondary N) is 1. The Balaban J connectivity index is 2.68. The number of imidazole rings is 1. The molecule has 1 aromatic carbocycles. The van der Waals surface area contributed by atoms with Gasteiger partial charge in [-0.2, -0.15) is 0 Å². The molecule has 0 fully saturated rings. The molecule has 1 aromatic heterocycles. The highest BCUT2D eigenvalue weighted by molar-refractivity contribution is 7.94. The highest BCUT2D eigenvalue weighted by Crippen LogP contribution is 2.15. The Labute approximate surface area is 91.3 Å². The zero-order valence-electron chi connectivity index (χ0n) is 8.14. The molecule has 2 rings (SSSR count). The van der Waals surface area contributed by atoms with E-state index < -0.39 is 15.7 Å². The minimum absolute atomic E-state index is 0.121. The van der Waals surface area contributed by atoms with Crippen molar-refractivity contribution in [2.45, 2.75) is 5.16 Å². The van der Waals surface area contributed by atoms with Crippen molar-refractivity contribution in [3.05, 3.63) is 23.8 Å². The Kier molecular flexibility index (Phi) is 2.21. The van der Waals surface area contributed by atoms with Gasteiger partial charge in [-0.25, -0.2) is 9.19 Å². The normalized spacial score (nSPS) is 14.8. The third-order valence-corrected chi connectivity index (χ3v) is 2.84. The van der Waals surface area contributed by atoms with E-state index in [1.807, 2.05) is 0 Å². The fourth-order valence-corrected chi connectivity index (χ4v) is 1.80. The molecule has 1 amide bonds. The summed E-state index contributed by atoms with van der Waals surface area (Å²) in [5.41, 5.74) is 6.35. The van der Waals surface area contributed by atoms with E-state index in [0.717, 1.165) is 0 Å². The van der Waals surface area contributed by atoms with Crippen molar-refractivity contribution in [2.75, 3.05) is 0 Å². The van der Waals surface area contributed by atoms with Crippen molar-refractivity contribution in [3.63, 3.8) is 0 Å². The quantitative estimate of drug-likeness (QED) is 0.651. The number of fused-ring (bicyclic) bond motifs is 1. The van der Waals surface area contributed by atoms with E-state index in [1.54, 1.807) is 6.07 Å². The molecule has 0 saturated heterocycles. The van der Waals surface area contributed by atoms with E-state index in [9.17, 15) is 13.6 Å². The first kappa shape index (κ1) is 10.7. The fraction of sp³-hybridized carbons (Fsp3) is 0. The van der Waals surface area contributed by atoms with Gasteiger partial charge in [0.15, 0.2) is 0 Å². The molecule has 6 nitrogen and oxygen atoms in total. The topological polar surface area (TPSA) is 109 Å². The van der Waals surface area contributed by atoms with E-state index in [-0.39, 0.29) is 5.16 Å². The number of carbonyl (C=O) groups is 1. The third-order valence-electron chi connectivity index (χ3n) is 2.05. The molecule has 7 heteroatoms. The number of primary amides is 1. The summed E-state index contributed by atoms with van der Waals surface area (Å²) in [6.45, 7) is 0. The van der Waals surface area contributed by atoms with Crippen LogP contribution in [0.25, 0.3) is 11.0 Å². The smallest absolute Gasteiger partial charge is 0.248 e. The summed E-state index contributed by atoms with van der Waals surface area (Å²) in [6, 6.07) is 4.51. The van der Waals surface area contributed by atoms with Crippen molar-refractivity contribution < 1.29 is 13.6 Å². The molecule has 0 bridgehead atoms. The summed E-state index contributed by atoms with van der Waals surface area (Å²) in [4.78, 5) is 17.4. The lowest BCUT2D eigenvalue weighted by Crippen LogP contribution is -2.10. The molecule has 0 aliphatic rings. The van der Waals surface area contributed by atoms with Gasteiger partial charge in [-0.3, -0.25) is 4.79 Å². The van der Waals surface area contributed by atoms with E-state index in [2.05, 4.69) is 15.8 Å². The highest BCUT2D eigenvalue weighted by atomic mass is 32.2.